The predicted molar refractivity (Wildman–Crippen MR) is 85.1 cm³/mol. The number of rotatable bonds is 4. The lowest BCUT2D eigenvalue weighted by Gasteiger charge is -2.31. The summed E-state index contributed by atoms with van der Waals surface area (Å²) in [7, 11) is 3.34. The highest BCUT2D eigenvalue weighted by molar-refractivity contribution is 5.63. The molecule has 0 amide bonds. The van der Waals surface area contributed by atoms with Crippen LogP contribution in [-0.4, -0.2) is 32.4 Å². The summed E-state index contributed by atoms with van der Waals surface area (Å²) >= 11 is 0. The Bertz CT molecular complexity index is 673. The van der Waals surface area contributed by atoms with Crippen molar-refractivity contribution in [2.24, 2.45) is 0 Å². The van der Waals surface area contributed by atoms with E-state index in [1.54, 1.807) is 14.2 Å². The van der Waals surface area contributed by atoms with Crippen molar-refractivity contribution in [2.45, 2.75) is 13.5 Å². The van der Waals surface area contributed by atoms with Crippen molar-refractivity contribution < 1.29 is 14.2 Å². The van der Waals surface area contributed by atoms with E-state index in [4.69, 9.17) is 14.2 Å². The predicted octanol–water partition coefficient (Wildman–Crippen LogP) is 2.81. The van der Waals surface area contributed by atoms with Gasteiger partial charge in [-0.3, -0.25) is 4.98 Å². The molecule has 0 saturated carbocycles. The molecule has 5 heteroatoms. The maximum atomic E-state index is 5.72. The van der Waals surface area contributed by atoms with Crippen molar-refractivity contribution in [1.29, 1.82) is 0 Å². The van der Waals surface area contributed by atoms with E-state index in [9.17, 15) is 0 Å². The minimum absolute atomic E-state index is 0.669. The van der Waals surface area contributed by atoms with Crippen molar-refractivity contribution in [1.82, 2.24) is 4.98 Å². The smallest absolute Gasteiger partial charge is 0.142 e. The maximum absolute atomic E-state index is 5.72. The van der Waals surface area contributed by atoms with E-state index in [2.05, 4.69) is 9.88 Å². The summed E-state index contributed by atoms with van der Waals surface area (Å²) in [5.41, 5.74) is 2.97. The van der Waals surface area contributed by atoms with Gasteiger partial charge in [-0.05, 0) is 19.1 Å². The molecule has 0 radical (unpaired) electrons. The number of nitrogens with zero attached hydrogens (tertiary/aromatic N) is 2. The van der Waals surface area contributed by atoms with Gasteiger partial charge in [-0.2, -0.15) is 0 Å². The lowest BCUT2D eigenvalue weighted by atomic mass is 10.2. The summed E-state index contributed by atoms with van der Waals surface area (Å²) in [5, 5.41) is 0. The molecule has 0 N–H and O–H groups in total. The largest absolute Gasteiger partial charge is 0.497 e. The van der Waals surface area contributed by atoms with Gasteiger partial charge in [0.05, 0.1) is 38.7 Å². The Balaban J connectivity index is 1.89. The summed E-state index contributed by atoms with van der Waals surface area (Å²) in [4.78, 5) is 6.85. The number of aromatic nitrogens is 1. The maximum Gasteiger partial charge on any atom is 0.142 e. The zero-order valence-corrected chi connectivity index (χ0v) is 13.1. The quantitative estimate of drug-likeness (QED) is 0.868. The molecular weight excluding hydrogens is 280 g/mol. The minimum Gasteiger partial charge on any atom is -0.497 e. The number of benzene rings is 1. The molecule has 2 heterocycles. The van der Waals surface area contributed by atoms with Crippen molar-refractivity contribution in [3.63, 3.8) is 0 Å². The lowest BCUT2D eigenvalue weighted by Crippen LogP contribution is -2.32. The van der Waals surface area contributed by atoms with Gasteiger partial charge in [0.25, 0.3) is 0 Å². The van der Waals surface area contributed by atoms with Gasteiger partial charge < -0.3 is 19.1 Å². The number of aryl methyl sites for hydroxylation is 1. The van der Waals surface area contributed by atoms with Crippen LogP contribution >= 0.6 is 0 Å². The SMILES string of the molecule is COc1cc(C)nc(CN2CCOc3ccc(OC)cc32)c1. The molecule has 0 saturated heterocycles. The number of methoxy groups -OCH3 is 2. The zero-order valence-electron chi connectivity index (χ0n) is 13.1. The second-order valence-corrected chi connectivity index (χ2v) is 5.24. The molecule has 116 valence electrons. The molecule has 1 aliphatic rings. The van der Waals surface area contributed by atoms with Crippen LogP contribution in [0.15, 0.2) is 30.3 Å². The Morgan fingerprint density at radius 2 is 1.95 bits per heavy atom. The molecule has 5 nitrogen and oxygen atoms in total. The van der Waals surface area contributed by atoms with Gasteiger partial charge in [-0.25, -0.2) is 0 Å². The van der Waals surface area contributed by atoms with Crippen molar-refractivity contribution >= 4 is 5.69 Å². The highest BCUT2D eigenvalue weighted by atomic mass is 16.5. The summed E-state index contributed by atoms with van der Waals surface area (Å²) in [6.45, 7) is 4.17. The Morgan fingerprint density at radius 3 is 2.73 bits per heavy atom. The number of ether oxygens (including phenoxy) is 3. The summed E-state index contributed by atoms with van der Waals surface area (Å²) in [6.07, 6.45) is 0. The molecule has 0 atom stereocenters. The van der Waals surface area contributed by atoms with Crippen LogP contribution < -0.4 is 19.1 Å². The van der Waals surface area contributed by atoms with Crippen LogP contribution in [-0.2, 0) is 6.54 Å². The van der Waals surface area contributed by atoms with Crippen LogP contribution in [0.3, 0.4) is 0 Å². The fourth-order valence-electron chi connectivity index (χ4n) is 2.64. The average Bonchev–Trinajstić information content (AvgIpc) is 2.54. The van der Waals surface area contributed by atoms with Crippen molar-refractivity contribution in [3.05, 3.63) is 41.7 Å². The van der Waals surface area contributed by atoms with Gasteiger partial charge in [-0.15, -0.1) is 0 Å². The molecule has 22 heavy (non-hydrogen) atoms. The number of hydrogen-bond donors (Lipinski definition) is 0. The third-order valence-corrected chi connectivity index (χ3v) is 3.69. The van der Waals surface area contributed by atoms with Crippen LogP contribution in [0.25, 0.3) is 0 Å². The first kappa shape index (κ1) is 14.5. The third-order valence-electron chi connectivity index (χ3n) is 3.69. The van der Waals surface area contributed by atoms with Gasteiger partial charge in [-0.1, -0.05) is 0 Å². The number of fused-ring (bicyclic) bond motifs is 1. The van der Waals surface area contributed by atoms with Gasteiger partial charge in [0.1, 0.15) is 23.9 Å². The first-order valence-corrected chi connectivity index (χ1v) is 7.27. The standard InChI is InChI=1S/C17H20N2O3/c1-12-8-15(21-3)9-13(18-12)11-19-6-7-22-17-5-4-14(20-2)10-16(17)19/h4-5,8-10H,6-7,11H2,1-3H3. The second kappa shape index (κ2) is 6.13. The Morgan fingerprint density at radius 1 is 1.14 bits per heavy atom. The van der Waals surface area contributed by atoms with Crippen LogP contribution in [0.2, 0.25) is 0 Å². The van der Waals surface area contributed by atoms with Crippen molar-refractivity contribution in [3.8, 4) is 17.2 Å². The van der Waals surface area contributed by atoms with E-state index in [1.165, 1.54) is 0 Å². The first-order chi connectivity index (χ1) is 10.7. The Kier molecular flexibility index (Phi) is 4.04. The third kappa shape index (κ3) is 2.93. The highest BCUT2D eigenvalue weighted by Crippen LogP contribution is 2.35. The van der Waals surface area contributed by atoms with E-state index in [1.807, 2.05) is 37.3 Å². The fourth-order valence-corrected chi connectivity index (χ4v) is 2.64. The molecule has 0 bridgehead atoms. The van der Waals surface area contributed by atoms with Gasteiger partial charge in [0.15, 0.2) is 0 Å². The van der Waals surface area contributed by atoms with E-state index < -0.39 is 0 Å². The number of pyridine rings is 1. The van der Waals surface area contributed by atoms with Crippen molar-refractivity contribution in [2.75, 3.05) is 32.3 Å². The molecule has 0 aliphatic carbocycles. The lowest BCUT2D eigenvalue weighted by molar-refractivity contribution is 0.305. The molecule has 0 unspecified atom stereocenters. The summed E-state index contributed by atoms with van der Waals surface area (Å²) in [5.74, 6) is 2.54. The molecule has 3 rings (SSSR count). The topological polar surface area (TPSA) is 43.8 Å². The second-order valence-electron chi connectivity index (χ2n) is 5.24. The Hall–Kier alpha value is -2.43. The van der Waals surface area contributed by atoms with E-state index >= 15 is 0 Å². The molecule has 0 spiro atoms. The molecule has 1 aromatic carbocycles. The normalized spacial score (nSPS) is 13.3. The van der Waals surface area contributed by atoms with Crippen LogP contribution in [0.4, 0.5) is 5.69 Å². The zero-order chi connectivity index (χ0) is 15.5. The van der Waals surface area contributed by atoms with E-state index in [0.717, 1.165) is 40.9 Å². The van der Waals surface area contributed by atoms with Crippen LogP contribution in [0.1, 0.15) is 11.4 Å². The first-order valence-electron chi connectivity index (χ1n) is 7.27. The van der Waals surface area contributed by atoms with Gasteiger partial charge in [0, 0.05) is 23.9 Å². The van der Waals surface area contributed by atoms with E-state index in [-0.39, 0.29) is 0 Å². The minimum atomic E-state index is 0.669. The molecule has 1 aliphatic heterocycles. The number of anilines is 1. The highest BCUT2D eigenvalue weighted by Gasteiger charge is 2.19. The average molecular weight is 300 g/mol. The van der Waals surface area contributed by atoms with Gasteiger partial charge >= 0.3 is 0 Å². The summed E-state index contributed by atoms with van der Waals surface area (Å²) < 4.78 is 16.4. The molecule has 2 aromatic rings. The number of hydrogen-bond acceptors (Lipinski definition) is 5. The van der Waals surface area contributed by atoms with Crippen LogP contribution in [0, 0.1) is 6.92 Å². The van der Waals surface area contributed by atoms with Crippen LogP contribution in [0.5, 0.6) is 17.2 Å². The monoisotopic (exact) mass is 300 g/mol. The van der Waals surface area contributed by atoms with E-state index in [0.29, 0.717) is 13.2 Å². The Labute approximate surface area is 130 Å². The summed E-state index contributed by atoms with van der Waals surface area (Å²) in [6, 6.07) is 9.77. The van der Waals surface area contributed by atoms with Gasteiger partial charge in [0.2, 0.25) is 0 Å². The molecule has 0 fully saturated rings. The molecule has 1 aromatic heterocycles. The fraction of sp³-hybridized carbons (Fsp3) is 0.353. The molecular formula is C17H20N2O3.